The summed E-state index contributed by atoms with van der Waals surface area (Å²) in [4.78, 5) is 12.3. The number of benzene rings is 2. The summed E-state index contributed by atoms with van der Waals surface area (Å²) in [6.45, 7) is 8.68. The minimum absolute atomic E-state index is 0.0685. The van der Waals surface area contributed by atoms with Crippen LogP contribution in [0.2, 0.25) is 0 Å². The highest BCUT2D eigenvalue weighted by molar-refractivity contribution is 5.93. The number of fused-ring (bicyclic) bond motifs is 1. The Morgan fingerprint density at radius 2 is 1.96 bits per heavy atom. The third kappa shape index (κ3) is 4.73. The van der Waals surface area contributed by atoms with Gasteiger partial charge in [0.25, 0.3) is 5.91 Å². The molecule has 1 N–H and O–H groups in total. The van der Waals surface area contributed by atoms with Crippen LogP contribution >= 0.6 is 0 Å². The average molecular weight is 369 g/mol. The molecule has 0 saturated carbocycles. The maximum absolute atomic E-state index is 12.3. The van der Waals surface area contributed by atoms with Crippen molar-refractivity contribution in [3.05, 3.63) is 47.5 Å². The minimum Gasteiger partial charge on any atom is -0.492 e. The molecule has 0 saturated heterocycles. The van der Waals surface area contributed by atoms with Gasteiger partial charge in [0.2, 0.25) is 0 Å². The standard InChI is InChI=1S/C22H27NO4/c1-5-25-21-11-17-10-15(4)27-20(17)12-19(21)23-22(24)13-26-18-8-6-16(7-9-18)14(2)3/h6-9,11-12,14-15H,5,10,13H2,1-4H3,(H,23,24)/t15-/m1/s1. The van der Waals surface area contributed by atoms with Crippen LogP contribution in [0, 0.1) is 0 Å². The average Bonchev–Trinajstić information content (AvgIpc) is 2.99. The van der Waals surface area contributed by atoms with E-state index in [-0.39, 0.29) is 18.6 Å². The lowest BCUT2D eigenvalue weighted by atomic mass is 10.0. The SMILES string of the molecule is CCOc1cc2c(cc1NC(=O)COc1ccc(C(C)C)cc1)O[C@H](C)C2. The molecule has 1 amide bonds. The van der Waals surface area contributed by atoms with Crippen LogP contribution in [0.15, 0.2) is 36.4 Å². The Labute approximate surface area is 160 Å². The lowest BCUT2D eigenvalue weighted by Gasteiger charge is -2.14. The number of anilines is 1. The lowest BCUT2D eigenvalue weighted by Crippen LogP contribution is -2.20. The molecule has 0 spiro atoms. The molecule has 0 fully saturated rings. The number of hydrogen-bond donors (Lipinski definition) is 1. The number of carbonyl (C=O) groups excluding carboxylic acids is 1. The Balaban J connectivity index is 1.64. The predicted molar refractivity (Wildman–Crippen MR) is 106 cm³/mol. The fourth-order valence-corrected chi connectivity index (χ4v) is 3.10. The van der Waals surface area contributed by atoms with Gasteiger partial charge >= 0.3 is 0 Å². The normalized spacial score (nSPS) is 15.2. The van der Waals surface area contributed by atoms with E-state index in [1.807, 2.05) is 50.2 Å². The minimum atomic E-state index is -0.241. The van der Waals surface area contributed by atoms with Gasteiger partial charge in [-0.25, -0.2) is 0 Å². The Bertz CT molecular complexity index is 799. The van der Waals surface area contributed by atoms with Crippen LogP contribution in [0.5, 0.6) is 17.2 Å². The summed E-state index contributed by atoms with van der Waals surface area (Å²) >= 11 is 0. The Morgan fingerprint density at radius 3 is 2.63 bits per heavy atom. The predicted octanol–water partition coefficient (Wildman–Crippen LogP) is 4.55. The van der Waals surface area contributed by atoms with Gasteiger partial charge in [0, 0.05) is 18.1 Å². The second kappa shape index (κ2) is 8.33. The van der Waals surface area contributed by atoms with E-state index in [2.05, 4.69) is 19.2 Å². The van der Waals surface area contributed by atoms with E-state index in [4.69, 9.17) is 14.2 Å². The van der Waals surface area contributed by atoms with Crippen LogP contribution < -0.4 is 19.5 Å². The van der Waals surface area contributed by atoms with Gasteiger partial charge in [-0.2, -0.15) is 0 Å². The Hall–Kier alpha value is -2.69. The van der Waals surface area contributed by atoms with Crippen LogP contribution in [-0.2, 0) is 11.2 Å². The highest BCUT2D eigenvalue weighted by Gasteiger charge is 2.22. The van der Waals surface area contributed by atoms with E-state index >= 15 is 0 Å². The highest BCUT2D eigenvalue weighted by Crippen LogP contribution is 2.38. The van der Waals surface area contributed by atoms with E-state index in [1.54, 1.807) is 0 Å². The summed E-state index contributed by atoms with van der Waals surface area (Å²) in [5.74, 6) is 2.35. The van der Waals surface area contributed by atoms with Gasteiger partial charge in [-0.1, -0.05) is 26.0 Å². The smallest absolute Gasteiger partial charge is 0.262 e. The van der Waals surface area contributed by atoms with E-state index in [1.165, 1.54) is 5.56 Å². The van der Waals surface area contributed by atoms with Gasteiger partial charge in [-0.15, -0.1) is 0 Å². The first-order valence-electron chi connectivity index (χ1n) is 9.45. The van der Waals surface area contributed by atoms with Crippen molar-refractivity contribution in [3.8, 4) is 17.2 Å². The lowest BCUT2D eigenvalue weighted by molar-refractivity contribution is -0.118. The van der Waals surface area contributed by atoms with Crippen molar-refractivity contribution in [3.63, 3.8) is 0 Å². The molecule has 2 aromatic carbocycles. The topological polar surface area (TPSA) is 56.8 Å². The van der Waals surface area contributed by atoms with Gasteiger partial charge in [0.05, 0.1) is 12.3 Å². The molecule has 0 unspecified atom stereocenters. The number of ether oxygens (including phenoxy) is 3. The van der Waals surface area contributed by atoms with Crippen molar-refractivity contribution < 1.29 is 19.0 Å². The molecule has 5 heteroatoms. The zero-order chi connectivity index (χ0) is 19.4. The molecule has 0 bridgehead atoms. The summed E-state index contributed by atoms with van der Waals surface area (Å²) in [7, 11) is 0. The number of amides is 1. The zero-order valence-electron chi connectivity index (χ0n) is 16.4. The van der Waals surface area contributed by atoms with Crippen molar-refractivity contribution in [2.24, 2.45) is 0 Å². The first-order valence-corrected chi connectivity index (χ1v) is 9.45. The number of rotatable bonds is 7. The fourth-order valence-electron chi connectivity index (χ4n) is 3.10. The number of carbonyl (C=O) groups is 1. The van der Waals surface area contributed by atoms with Crippen LogP contribution in [0.25, 0.3) is 0 Å². The maximum Gasteiger partial charge on any atom is 0.262 e. The van der Waals surface area contributed by atoms with E-state index < -0.39 is 0 Å². The van der Waals surface area contributed by atoms with Gasteiger partial charge in [0.15, 0.2) is 6.61 Å². The molecule has 0 radical (unpaired) electrons. The fraction of sp³-hybridized carbons (Fsp3) is 0.409. The molecule has 3 rings (SSSR count). The van der Waals surface area contributed by atoms with Gasteiger partial charge in [0.1, 0.15) is 23.4 Å². The molecular formula is C22H27NO4. The molecule has 0 aromatic heterocycles. The molecule has 1 heterocycles. The number of hydrogen-bond acceptors (Lipinski definition) is 4. The third-order valence-electron chi connectivity index (χ3n) is 4.49. The van der Waals surface area contributed by atoms with Crippen LogP contribution in [0.1, 0.15) is 44.7 Å². The molecular weight excluding hydrogens is 342 g/mol. The first-order chi connectivity index (χ1) is 13.0. The van der Waals surface area contributed by atoms with Crippen molar-refractivity contribution in [2.75, 3.05) is 18.5 Å². The second-order valence-corrected chi connectivity index (χ2v) is 7.08. The third-order valence-corrected chi connectivity index (χ3v) is 4.49. The van der Waals surface area contributed by atoms with Gasteiger partial charge < -0.3 is 19.5 Å². The molecule has 0 aliphatic carbocycles. The molecule has 1 aliphatic heterocycles. The Kier molecular flexibility index (Phi) is 5.89. The van der Waals surface area contributed by atoms with Gasteiger partial charge in [-0.3, -0.25) is 4.79 Å². The molecule has 5 nitrogen and oxygen atoms in total. The molecule has 1 atom stereocenters. The quantitative estimate of drug-likeness (QED) is 0.778. The first kappa shape index (κ1) is 19.1. The molecule has 27 heavy (non-hydrogen) atoms. The molecule has 2 aromatic rings. The summed E-state index contributed by atoms with van der Waals surface area (Å²) in [6, 6.07) is 11.6. The monoisotopic (exact) mass is 369 g/mol. The van der Waals surface area contributed by atoms with E-state index in [0.717, 1.165) is 17.7 Å². The largest absolute Gasteiger partial charge is 0.492 e. The summed E-state index contributed by atoms with van der Waals surface area (Å²) < 4.78 is 17.1. The number of nitrogens with one attached hydrogen (secondary N) is 1. The molecule has 1 aliphatic rings. The second-order valence-electron chi connectivity index (χ2n) is 7.08. The van der Waals surface area contributed by atoms with Crippen molar-refractivity contribution >= 4 is 11.6 Å². The summed E-state index contributed by atoms with van der Waals surface area (Å²) in [5.41, 5.74) is 2.94. The summed E-state index contributed by atoms with van der Waals surface area (Å²) in [5, 5.41) is 2.87. The maximum atomic E-state index is 12.3. The van der Waals surface area contributed by atoms with Gasteiger partial charge in [-0.05, 0) is 43.5 Å². The van der Waals surface area contributed by atoms with Crippen LogP contribution in [0.4, 0.5) is 5.69 Å². The van der Waals surface area contributed by atoms with Crippen LogP contribution in [0.3, 0.4) is 0 Å². The molecule has 144 valence electrons. The highest BCUT2D eigenvalue weighted by atomic mass is 16.5. The van der Waals surface area contributed by atoms with Crippen LogP contribution in [-0.4, -0.2) is 25.2 Å². The van der Waals surface area contributed by atoms with E-state index in [0.29, 0.717) is 29.7 Å². The van der Waals surface area contributed by atoms with Crippen molar-refractivity contribution in [1.82, 2.24) is 0 Å². The summed E-state index contributed by atoms with van der Waals surface area (Å²) in [6.07, 6.45) is 0.983. The van der Waals surface area contributed by atoms with Crippen molar-refractivity contribution in [2.45, 2.75) is 46.1 Å². The van der Waals surface area contributed by atoms with E-state index in [9.17, 15) is 4.79 Å². The van der Waals surface area contributed by atoms with Crippen molar-refractivity contribution in [1.29, 1.82) is 0 Å². The Morgan fingerprint density at radius 1 is 1.22 bits per heavy atom. The zero-order valence-corrected chi connectivity index (χ0v) is 16.4.